The number of rotatable bonds is 7. The summed E-state index contributed by atoms with van der Waals surface area (Å²) in [6, 6.07) is 11.5. The van der Waals surface area contributed by atoms with Crippen LogP contribution in [0.4, 0.5) is 13.2 Å². The van der Waals surface area contributed by atoms with E-state index in [0.717, 1.165) is 0 Å². The van der Waals surface area contributed by atoms with Crippen molar-refractivity contribution in [2.75, 3.05) is 6.61 Å². The fraction of sp³-hybridized carbons (Fsp3) is 0.368. The maximum absolute atomic E-state index is 13.6. The van der Waals surface area contributed by atoms with E-state index in [0.29, 0.717) is 28.0 Å². The van der Waals surface area contributed by atoms with Gasteiger partial charge in [-0.25, -0.2) is 13.2 Å². The maximum Gasteiger partial charge on any atom is 0.254 e. The molecule has 0 spiro atoms. The zero-order valence-electron chi connectivity index (χ0n) is 13.6. The highest BCUT2D eigenvalue weighted by molar-refractivity contribution is 9.10. The van der Waals surface area contributed by atoms with Gasteiger partial charge in [0, 0.05) is 6.42 Å². The molecule has 3 rings (SSSR count). The van der Waals surface area contributed by atoms with E-state index in [-0.39, 0.29) is 18.8 Å². The van der Waals surface area contributed by atoms with Crippen molar-refractivity contribution in [3.63, 3.8) is 0 Å². The third-order valence-electron chi connectivity index (χ3n) is 4.17. The monoisotopic (exact) mass is 414 g/mol. The van der Waals surface area contributed by atoms with Crippen LogP contribution >= 0.6 is 15.9 Å². The number of ether oxygens (including phenoxy) is 2. The first-order valence-corrected chi connectivity index (χ1v) is 8.86. The summed E-state index contributed by atoms with van der Waals surface area (Å²) in [7, 11) is 0. The van der Waals surface area contributed by atoms with Gasteiger partial charge in [-0.05, 0) is 58.2 Å². The van der Waals surface area contributed by atoms with Gasteiger partial charge in [0.05, 0.1) is 29.7 Å². The Morgan fingerprint density at radius 2 is 1.88 bits per heavy atom. The van der Waals surface area contributed by atoms with Gasteiger partial charge in [0.15, 0.2) is 0 Å². The van der Waals surface area contributed by atoms with Crippen molar-refractivity contribution in [2.45, 2.75) is 32.0 Å². The van der Waals surface area contributed by atoms with E-state index in [4.69, 9.17) is 9.47 Å². The minimum absolute atomic E-state index is 0.128. The van der Waals surface area contributed by atoms with Gasteiger partial charge < -0.3 is 9.47 Å². The average molecular weight is 415 g/mol. The van der Waals surface area contributed by atoms with Crippen LogP contribution in [0.3, 0.4) is 0 Å². The van der Waals surface area contributed by atoms with Crippen molar-refractivity contribution < 1.29 is 22.6 Å². The summed E-state index contributed by atoms with van der Waals surface area (Å²) in [6.45, 7) is 2.55. The second-order valence-electron chi connectivity index (χ2n) is 6.05. The van der Waals surface area contributed by atoms with Gasteiger partial charge in [0.2, 0.25) is 0 Å². The van der Waals surface area contributed by atoms with Gasteiger partial charge in [-0.15, -0.1) is 0 Å². The molecule has 0 bridgehead atoms. The van der Waals surface area contributed by atoms with E-state index in [1.165, 1.54) is 6.07 Å². The molecule has 1 fully saturated rings. The van der Waals surface area contributed by atoms with Gasteiger partial charge in [0.1, 0.15) is 11.6 Å². The molecule has 134 valence electrons. The lowest BCUT2D eigenvalue weighted by atomic mass is 10.0. The van der Waals surface area contributed by atoms with Crippen LogP contribution in [0.2, 0.25) is 0 Å². The Balaban J connectivity index is 1.74. The molecule has 0 aliphatic heterocycles. The maximum atomic E-state index is 13.6. The molecular weight excluding hydrogens is 397 g/mol. The van der Waals surface area contributed by atoms with E-state index in [1.807, 2.05) is 6.92 Å². The molecular formula is C19H18BrF3O2. The van der Waals surface area contributed by atoms with Crippen molar-refractivity contribution in [3.8, 4) is 5.75 Å². The van der Waals surface area contributed by atoms with Crippen LogP contribution < -0.4 is 4.74 Å². The van der Waals surface area contributed by atoms with Crippen molar-refractivity contribution in [2.24, 2.45) is 5.92 Å². The molecule has 0 radical (unpaired) electrons. The molecule has 0 saturated heterocycles. The largest absolute Gasteiger partial charge is 0.494 e. The Morgan fingerprint density at radius 3 is 2.44 bits per heavy atom. The summed E-state index contributed by atoms with van der Waals surface area (Å²) in [4.78, 5) is 0. The molecule has 0 aromatic heterocycles. The second kappa shape index (κ2) is 7.38. The van der Waals surface area contributed by atoms with Gasteiger partial charge >= 0.3 is 0 Å². The summed E-state index contributed by atoms with van der Waals surface area (Å²) >= 11 is 3.12. The molecule has 2 aromatic rings. The first-order chi connectivity index (χ1) is 11.9. The summed E-state index contributed by atoms with van der Waals surface area (Å²) < 4.78 is 52.0. The summed E-state index contributed by atoms with van der Waals surface area (Å²) in [6.07, 6.45) is -0.896. The van der Waals surface area contributed by atoms with E-state index in [2.05, 4.69) is 15.9 Å². The lowest BCUT2D eigenvalue weighted by Gasteiger charge is -2.19. The van der Waals surface area contributed by atoms with Gasteiger partial charge in [-0.2, -0.15) is 0 Å². The predicted octanol–water partition coefficient (Wildman–Crippen LogP) is 5.90. The van der Waals surface area contributed by atoms with Gasteiger partial charge in [0.25, 0.3) is 5.92 Å². The Kier molecular flexibility index (Phi) is 5.39. The van der Waals surface area contributed by atoms with Crippen LogP contribution in [-0.4, -0.2) is 12.5 Å². The zero-order valence-corrected chi connectivity index (χ0v) is 15.2. The lowest BCUT2D eigenvalue weighted by molar-refractivity contribution is -0.0128. The summed E-state index contributed by atoms with van der Waals surface area (Å²) in [5, 5.41) is 0. The van der Waals surface area contributed by atoms with Crippen LogP contribution in [0.15, 0.2) is 46.9 Å². The highest BCUT2D eigenvalue weighted by atomic mass is 79.9. The molecule has 1 saturated carbocycles. The van der Waals surface area contributed by atoms with Gasteiger partial charge in [-0.3, -0.25) is 0 Å². The molecule has 0 amide bonds. The number of halogens is 4. The quantitative estimate of drug-likeness (QED) is 0.561. The Bertz CT molecular complexity index is 734. The molecule has 1 aliphatic rings. The summed E-state index contributed by atoms with van der Waals surface area (Å²) in [5.74, 6) is -3.22. The molecule has 0 heterocycles. The van der Waals surface area contributed by atoms with Crippen LogP contribution in [0.1, 0.15) is 30.6 Å². The minimum Gasteiger partial charge on any atom is -0.494 e. The van der Waals surface area contributed by atoms with E-state index < -0.39 is 17.9 Å². The zero-order chi connectivity index (χ0) is 18.0. The van der Waals surface area contributed by atoms with Crippen molar-refractivity contribution in [3.05, 3.63) is 63.9 Å². The SMILES string of the molecule is CCOc1ccc(C(OCc2ccc(F)c(Br)c2)C2CC2(F)F)cc1. The Labute approximate surface area is 153 Å². The van der Waals surface area contributed by atoms with E-state index >= 15 is 0 Å². The van der Waals surface area contributed by atoms with Gasteiger partial charge in [-0.1, -0.05) is 18.2 Å². The molecule has 2 atom stereocenters. The normalized spacial score (nSPS) is 19.5. The van der Waals surface area contributed by atoms with Crippen LogP contribution in [0, 0.1) is 11.7 Å². The molecule has 1 aliphatic carbocycles. The number of hydrogen-bond donors (Lipinski definition) is 0. The van der Waals surface area contributed by atoms with Crippen LogP contribution in [0.25, 0.3) is 0 Å². The molecule has 2 unspecified atom stereocenters. The first kappa shape index (κ1) is 18.3. The molecule has 2 nitrogen and oxygen atoms in total. The number of alkyl halides is 2. The molecule has 2 aromatic carbocycles. The Morgan fingerprint density at radius 1 is 1.20 bits per heavy atom. The second-order valence-corrected chi connectivity index (χ2v) is 6.91. The van der Waals surface area contributed by atoms with Crippen LogP contribution in [0.5, 0.6) is 5.75 Å². The highest BCUT2D eigenvalue weighted by Gasteiger charge is 2.61. The average Bonchev–Trinajstić information content (AvgIpc) is 3.21. The molecule has 25 heavy (non-hydrogen) atoms. The third-order valence-corrected chi connectivity index (χ3v) is 4.78. The predicted molar refractivity (Wildman–Crippen MR) is 92.3 cm³/mol. The first-order valence-electron chi connectivity index (χ1n) is 8.07. The van der Waals surface area contributed by atoms with Crippen LogP contribution in [-0.2, 0) is 11.3 Å². The number of benzene rings is 2. The molecule has 6 heteroatoms. The van der Waals surface area contributed by atoms with Crippen molar-refractivity contribution >= 4 is 15.9 Å². The highest BCUT2D eigenvalue weighted by Crippen LogP contribution is 2.56. The van der Waals surface area contributed by atoms with Crippen molar-refractivity contribution in [1.82, 2.24) is 0 Å². The fourth-order valence-corrected chi connectivity index (χ4v) is 3.17. The third kappa shape index (κ3) is 4.36. The molecule has 0 N–H and O–H groups in total. The Hall–Kier alpha value is -1.53. The number of hydrogen-bond acceptors (Lipinski definition) is 2. The summed E-state index contributed by atoms with van der Waals surface area (Å²) in [5.41, 5.74) is 1.40. The van der Waals surface area contributed by atoms with E-state index in [9.17, 15) is 13.2 Å². The topological polar surface area (TPSA) is 18.5 Å². The fourth-order valence-electron chi connectivity index (χ4n) is 2.74. The lowest BCUT2D eigenvalue weighted by Crippen LogP contribution is -2.11. The minimum atomic E-state index is -2.70. The smallest absolute Gasteiger partial charge is 0.254 e. The van der Waals surface area contributed by atoms with Crippen molar-refractivity contribution in [1.29, 1.82) is 0 Å². The van der Waals surface area contributed by atoms with E-state index in [1.54, 1.807) is 36.4 Å². The standard InChI is InChI=1S/C19H18BrF3O2/c1-2-24-14-6-4-13(5-7-14)18(15-10-19(15,22)23)25-11-12-3-8-17(21)16(20)9-12/h3-9,15,18H,2,10-11H2,1H3.